The van der Waals surface area contributed by atoms with Crippen molar-refractivity contribution in [2.75, 3.05) is 65.5 Å². The van der Waals surface area contributed by atoms with Gasteiger partial charge in [0, 0.05) is 32.3 Å². The van der Waals surface area contributed by atoms with Gasteiger partial charge in [-0.15, -0.1) is 0 Å². The Balaban J connectivity index is 4.71. The zero-order chi connectivity index (χ0) is 40.2. The third kappa shape index (κ3) is 25.5. The van der Waals surface area contributed by atoms with E-state index in [2.05, 4.69) is 16.0 Å². The van der Waals surface area contributed by atoms with Gasteiger partial charge in [0.05, 0.1) is 30.8 Å². The fraction of sp³-hybridized carbons (Fsp3) is 0.848. The fourth-order valence-electron chi connectivity index (χ4n) is 4.52. The molecule has 304 valence electrons. The third-order valence-electron chi connectivity index (χ3n) is 6.86. The number of alkyl carbamates (subject to hydrolysis) is 1. The van der Waals surface area contributed by atoms with Crippen molar-refractivity contribution in [2.24, 2.45) is 10.8 Å². The lowest BCUT2D eigenvalue weighted by Crippen LogP contribution is -2.38. The highest BCUT2D eigenvalue weighted by Gasteiger charge is 2.36. The standard InChI is InChI=1S/C33H62N3O14PS/c1-12-52-29(41)45-19-24(49-27(39)31(5,6)23-30(2,3)4)20-48-51(42,43)47-18-16-36-28(40)50-33(9,10)14-17-46-32(7,8)13-15-35-26(38)22-44-21-25(37)34-11/h24H,12-23H2,1-11H3,(H,34,37)(H,35,38)(H,36,40)(H,42,43). The summed E-state index contributed by atoms with van der Waals surface area (Å²) in [6.07, 6.45) is -0.663. The molecule has 3 amide bonds. The molecule has 0 aliphatic rings. The number of amides is 3. The van der Waals surface area contributed by atoms with Gasteiger partial charge >= 0.3 is 25.2 Å². The normalized spacial score (nSPS) is 14.1. The molecule has 0 bridgehead atoms. The molecule has 0 aromatic carbocycles. The highest BCUT2D eigenvalue weighted by Crippen LogP contribution is 2.43. The maximum Gasteiger partial charge on any atom is 0.472 e. The minimum Gasteiger partial charge on any atom is -0.456 e. The number of ether oxygens (including phenoxy) is 5. The van der Waals surface area contributed by atoms with Crippen LogP contribution in [-0.2, 0) is 51.7 Å². The van der Waals surface area contributed by atoms with Crippen molar-refractivity contribution < 1.29 is 66.2 Å². The van der Waals surface area contributed by atoms with Gasteiger partial charge in [-0.25, -0.2) is 14.2 Å². The number of nitrogens with one attached hydrogen (secondary N) is 3. The quantitative estimate of drug-likeness (QED) is 0.0437. The van der Waals surface area contributed by atoms with Crippen LogP contribution in [0.2, 0.25) is 0 Å². The zero-order valence-corrected chi connectivity index (χ0v) is 34.4. The Kier molecular flexibility index (Phi) is 22.2. The highest BCUT2D eigenvalue weighted by molar-refractivity contribution is 8.13. The topological polar surface area (TPSA) is 223 Å². The molecule has 52 heavy (non-hydrogen) atoms. The number of hydrogen-bond donors (Lipinski definition) is 4. The van der Waals surface area contributed by atoms with E-state index >= 15 is 0 Å². The van der Waals surface area contributed by atoms with Gasteiger partial charge < -0.3 is 44.5 Å². The summed E-state index contributed by atoms with van der Waals surface area (Å²) in [4.78, 5) is 70.4. The van der Waals surface area contributed by atoms with Crippen molar-refractivity contribution in [1.82, 2.24) is 16.0 Å². The largest absolute Gasteiger partial charge is 0.472 e. The van der Waals surface area contributed by atoms with Crippen LogP contribution in [0.15, 0.2) is 0 Å². The van der Waals surface area contributed by atoms with Crippen LogP contribution < -0.4 is 16.0 Å². The molecule has 0 aliphatic carbocycles. The maximum absolute atomic E-state index is 13.0. The number of esters is 1. The summed E-state index contributed by atoms with van der Waals surface area (Å²) in [6, 6.07) is 0. The zero-order valence-electron chi connectivity index (χ0n) is 32.7. The van der Waals surface area contributed by atoms with E-state index in [9.17, 15) is 33.4 Å². The predicted octanol–water partition coefficient (Wildman–Crippen LogP) is 4.34. The maximum atomic E-state index is 13.0. The monoisotopic (exact) mass is 787 g/mol. The summed E-state index contributed by atoms with van der Waals surface area (Å²) in [6.45, 7) is 16.8. The second-order valence-corrected chi connectivity index (χ2v) is 17.6. The van der Waals surface area contributed by atoms with Gasteiger partial charge in [0.15, 0.2) is 6.10 Å². The van der Waals surface area contributed by atoms with Crippen LogP contribution in [0.25, 0.3) is 0 Å². The number of phosphoric ester groups is 1. The minimum absolute atomic E-state index is 0.188. The summed E-state index contributed by atoms with van der Waals surface area (Å²) < 4.78 is 49.6. The Bertz CT molecular complexity index is 1190. The molecule has 4 N–H and O–H groups in total. The number of rotatable bonds is 25. The van der Waals surface area contributed by atoms with Gasteiger partial charge in [-0.1, -0.05) is 27.7 Å². The molecule has 17 nitrogen and oxygen atoms in total. The Morgan fingerprint density at radius 3 is 2.04 bits per heavy atom. The molecule has 2 unspecified atom stereocenters. The Hall–Kier alpha value is -2.47. The Morgan fingerprint density at radius 1 is 0.808 bits per heavy atom. The van der Waals surface area contributed by atoms with Crippen molar-refractivity contribution >= 4 is 48.8 Å². The minimum atomic E-state index is -4.67. The first kappa shape index (κ1) is 49.5. The molecule has 0 saturated heterocycles. The van der Waals surface area contributed by atoms with E-state index in [1.807, 2.05) is 34.6 Å². The van der Waals surface area contributed by atoms with E-state index in [1.54, 1.807) is 34.6 Å². The number of carbonyl (C=O) groups excluding carboxylic acids is 5. The van der Waals surface area contributed by atoms with Crippen LogP contribution >= 0.6 is 19.6 Å². The molecule has 2 atom stereocenters. The average molecular weight is 788 g/mol. The molecule has 0 rings (SSSR count). The van der Waals surface area contributed by atoms with Gasteiger partial charge in [-0.05, 0) is 71.6 Å². The van der Waals surface area contributed by atoms with Gasteiger partial charge in [0.25, 0.3) is 0 Å². The molecule has 0 spiro atoms. The van der Waals surface area contributed by atoms with Gasteiger partial charge in [-0.3, -0.25) is 23.4 Å². The van der Waals surface area contributed by atoms with E-state index in [4.69, 9.17) is 32.7 Å². The van der Waals surface area contributed by atoms with E-state index in [-0.39, 0.29) is 43.6 Å². The number of likely N-dealkylation sites (N-methyl/N-ethyl adjacent to an activating group) is 1. The number of thioether (sulfide) groups is 1. The van der Waals surface area contributed by atoms with Crippen molar-refractivity contribution in [3.8, 4) is 0 Å². The first-order valence-electron chi connectivity index (χ1n) is 17.1. The van der Waals surface area contributed by atoms with Crippen molar-refractivity contribution in [3.05, 3.63) is 0 Å². The van der Waals surface area contributed by atoms with Crippen LogP contribution in [0, 0.1) is 10.8 Å². The lowest BCUT2D eigenvalue weighted by molar-refractivity contribution is -0.165. The van der Waals surface area contributed by atoms with E-state index in [0.717, 1.165) is 11.8 Å². The molecule has 19 heteroatoms. The molecular formula is C33H62N3O14PS. The lowest BCUT2D eigenvalue weighted by atomic mass is 9.76. The highest BCUT2D eigenvalue weighted by atomic mass is 32.2. The van der Waals surface area contributed by atoms with Crippen LogP contribution in [0.1, 0.15) is 88.5 Å². The van der Waals surface area contributed by atoms with Crippen LogP contribution in [0.4, 0.5) is 9.59 Å². The Labute approximate surface area is 312 Å². The Morgan fingerprint density at radius 2 is 1.44 bits per heavy atom. The summed E-state index contributed by atoms with van der Waals surface area (Å²) in [5.41, 5.74) is -2.62. The van der Waals surface area contributed by atoms with Crippen molar-refractivity contribution in [1.29, 1.82) is 0 Å². The number of phosphoric acid groups is 1. The predicted molar refractivity (Wildman–Crippen MR) is 195 cm³/mol. The molecule has 0 saturated carbocycles. The smallest absolute Gasteiger partial charge is 0.456 e. The van der Waals surface area contributed by atoms with Crippen LogP contribution in [0.3, 0.4) is 0 Å². The number of hydrogen-bond acceptors (Lipinski definition) is 14. The molecule has 0 aromatic heterocycles. The van der Waals surface area contributed by atoms with Gasteiger partial charge in [0.1, 0.15) is 25.4 Å². The second-order valence-electron chi connectivity index (χ2n) is 14.9. The lowest BCUT2D eigenvalue weighted by Gasteiger charge is -2.32. The SMILES string of the molecule is CCSC(=O)OCC(COP(=O)(O)OCCNC(=O)OC(C)(C)CCOC(C)(C)CCNC(=O)COCC(=O)NC)OC(=O)C(C)(C)CC(C)(C)C. The van der Waals surface area contributed by atoms with Crippen molar-refractivity contribution in [3.63, 3.8) is 0 Å². The molecule has 0 radical (unpaired) electrons. The summed E-state index contributed by atoms with van der Waals surface area (Å²) in [5, 5.41) is 6.93. The van der Waals surface area contributed by atoms with Crippen molar-refractivity contribution in [2.45, 2.75) is 106 Å². The molecular weight excluding hydrogens is 725 g/mol. The van der Waals surface area contributed by atoms with E-state index < -0.39 is 67.7 Å². The summed E-state index contributed by atoms with van der Waals surface area (Å²) in [5.74, 6) is -0.808. The van der Waals surface area contributed by atoms with E-state index in [1.165, 1.54) is 7.05 Å². The van der Waals surface area contributed by atoms with Gasteiger partial charge in [-0.2, -0.15) is 0 Å². The molecule has 0 fully saturated rings. The second kappa shape index (κ2) is 23.3. The molecule has 0 heterocycles. The average Bonchev–Trinajstić information content (AvgIpc) is 2.98. The summed E-state index contributed by atoms with van der Waals surface area (Å²) >= 11 is 0.914. The fourth-order valence-corrected chi connectivity index (χ4v) is 5.66. The van der Waals surface area contributed by atoms with Gasteiger partial charge in [0.2, 0.25) is 11.8 Å². The molecule has 0 aromatic rings. The van der Waals surface area contributed by atoms with E-state index in [0.29, 0.717) is 31.6 Å². The number of carbonyl (C=O) groups is 5. The third-order valence-corrected chi connectivity index (χ3v) is 8.48. The molecule has 0 aliphatic heterocycles. The summed E-state index contributed by atoms with van der Waals surface area (Å²) in [7, 11) is -3.20. The first-order valence-corrected chi connectivity index (χ1v) is 19.6. The van der Waals surface area contributed by atoms with Crippen LogP contribution in [0.5, 0.6) is 0 Å². The first-order chi connectivity index (χ1) is 23.8. The van der Waals surface area contributed by atoms with Crippen LogP contribution in [-0.4, -0.2) is 117 Å².